The van der Waals surface area contributed by atoms with E-state index in [1.54, 1.807) is 19.2 Å². The van der Waals surface area contributed by atoms with Gasteiger partial charge in [0.05, 0.1) is 10.7 Å². The van der Waals surface area contributed by atoms with Crippen LogP contribution < -0.4 is 10.2 Å². The predicted octanol–water partition coefficient (Wildman–Crippen LogP) is 3.78. The van der Waals surface area contributed by atoms with Crippen LogP contribution in [0.25, 0.3) is 22.3 Å². The maximum absolute atomic E-state index is 12.2. The third-order valence-electron chi connectivity index (χ3n) is 3.17. The van der Waals surface area contributed by atoms with Crippen LogP contribution in [0.5, 0.6) is 11.5 Å². The molecular formula is C16H11IO4. The first-order valence-corrected chi connectivity index (χ1v) is 7.28. The Labute approximate surface area is 134 Å². The van der Waals surface area contributed by atoms with Gasteiger partial charge in [-0.05, 0) is 52.9 Å². The van der Waals surface area contributed by atoms with Crippen LogP contribution in [0.1, 0.15) is 0 Å². The Morgan fingerprint density at radius 3 is 2.76 bits per heavy atom. The van der Waals surface area contributed by atoms with Crippen molar-refractivity contribution in [1.82, 2.24) is 0 Å². The molecular weight excluding hydrogens is 383 g/mol. The third kappa shape index (κ3) is 2.49. The number of phenols is 1. The average Bonchev–Trinajstić information content (AvgIpc) is 2.47. The molecule has 0 spiro atoms. The van der Waals surface area contributed by atoms with Crippen LogP contribution in [0, 0.1) is 3.57 Å². The molecule has 0 aliphatic heterocycles. The zero-order valence-electron chi connectivity index (χ0n) is 11.1. The van der Waals surface area contributed by atoms with Crippen molar-refractivity contribution in [3.63, 3.8) is 0 Å². The molecule has 0 radical (unpaired) electrons. The summed E-state index contributed by atoms with van der Waals surface area (Å²) in [6, 6.07) is 11.7. The Morgan fingerprint density at radius 1 is 1.19 bits per heavy atom. The van der Waals surface area contributed by atoms with Gasteiger partial charge in [0.25, 0.3) is 0 Å². The zero-order valence-corrected chi connectivity index (χ0v) is 13.2. The predicted molar refractivity (Wildman–Crippen MR) is 88.9 cm³/mol. The number of ether oxygens (including phenoxy) is 1. The van der Waals surface area contributed by atoms with Crippen molar-refractivity contribution in [2.45, 2.75) is 0 Å². The molecule has 0 fully saturated rings. The van der Waals surface area contributed by atoms with E-state index in [9.17, 15) is 9.90 Å². The number of halogens is 1. The molecule has 3 rings (SSSR count). The molecule has 5 heteroatoms. The van der Waals surface area contributed by atoms with E-state index < -0.39 is 0 Å². The van der Waals surface area contributed by atoms with Gasteiger partial charge in [-0.2, -0.15) is 0 Å². The van der Waals surface area contributed by atoms with Gasteiger partial charge in [-0.3, -0.25) is 4.79 Å². The van der Waals surface area contributed by atoms with Crippen molar-refractivity contribution in [2.75, 3.05) is 7.11 Å². The quantitative estimate of drug-likeness (QED) is 0.673. The molecule has 1 N–H and O–H groups in total. The maximum atomic E-state index is 12.2. The van der Waals surface area contributed by atoms with Gasteiger partial charge in [0.2, 0.25) is 0 Å². The summed E-state index contributed by atoms with van der Waals surface area (Å²) in [5.74, 6) is 1.08. The van der Waals surface area contributed by atoms with Crippen LogP contribution in [0.15, 0.2) is 51.7 Å². The number of methoxy groups -OCH3 is 1. The highest BCUT2D eigenvalue weighted by molar-refractivity contribution is 14.1. The second-order valence-electron chi connectivity index (χ2n) is 4.47. The number of benzene rings is 2. The summed E-state index contributed by atoms with van der Waals surface area (Å²) in [6.45, 7) is 0. The summed E-state index contributed by atoms with van der Waals surface area (Å²) in [7, 11) is 1.59. The first-order valence-electron chi connectivity index (χ1n) is 6.20. The lowest BCUT2D eigenvalue weighted by Gasteiger charge is -2.07. The molecule has 0 aliphatic rings. The van der Waals surface area contributed by atoms with Crippen LogP contribution >= 0.6 is 22.6 Å². The van der Waals surface area contributed by atoms with Gasteiger partial charge in [0.15, 0.2) is 5.43 Å². The maximum Gasteiger partial charge on any atom is 0.197 e. The summed E-state index contributed by atoms with van der Waals surface area (Å²) in [4.78, 5) is 12.2. The van der Waals surface area contributed by atoms with E-state index in [-0.39, 0.29) is 16.6 Å². The van der Waals surface area contributed by atoms with Gasteiger partial charge in [0, 0.05) is 11.6 Å². The molecule has 0 amide bonds. The number of rotatable bonds is 2. The fourth-order valence-corrected chi connectivity index (χ4v) is 2.70. The van der Waals surface area contributed by atoms with Crippen LogP contribution in [-0.4, -0.2) is 12.2 Å². The van der Waals surface area contributed by atoms with E-state index in [0.717, 1.165) is 9.13 Å². The molecule has 3 aromatic rings. The summed E-state index contributed by atoms with van der Waals surface area (Å²) >= 11 is 2.17. The normalized spacial score (nSPS) is 10.8. The number of hydrogen-bond donors (Lipinski definition) is 1. The van der Waals surface area contributed by atoms with E-state index in [1.165, 1.54) is 12.1 Å². The Balaban J connectivity index is 2.24. The number of aromatic hydroxyl groups is 1. The lowest BCUT2D eigenvalue weighted by Crippen LogP contribution is -2.00. The minimum atomic E-state index is -0.276. The Bertz CT molecular complexity index is 883. The highest BCUT2D eigenvalue weighted by atomic mass is 127. The van der Waals surface area contributed by atoms with E-state index >= 15 is 0 Å². The van der Waals surface area contributed by atoms with Crippen molar-refractivity contribution >= 4 is 33.6 Å². The molecule has 0 bridgehead atoms. The summed E-state index contributed by atoms with van der Waals surface area (Å²) in [6.07, 6.45) is 0. The first kappa shape index (κ1) is 13.9. The Hall–Kier alpha value is -2.02. The molecule has 0 saturated carbocycles. The standard InChI is InChI=1S/C16H11IO4/c1-20-15-7-9(5-6-10(15)17)14-8-12(19)16-11(18)3-2-4-13(16)21-14/h2-8,18H,1H3. The summed E-state index contributed by atoms with van der Waals surface area (Å²) < 4.78 is 12.0. The largest absolute Gasteiger partial charge is 0.507 e. The monoisotopic (exact) mass is 394 g/mol. The van der Waals surface area contributed by atoms with E-state index in [2.05, 4.69) is 22.6 Å². The molecule has 21 heavy (non-hydrogen) atoms. The van der Waals surface area contributed by atoms with Crippen LogP contribution in [-0.2, 0) is 0 Å². The lowest BCUT2D eigenvalue weighted by molar-refractivity contribution is 0.412. The molecule has 106 valence electrons. The Morgan fingerprint density at radius 2 is 2.00 bits per heavy atom. The zero-order chi connectivity index (χ0) is 15.0. The molecule has 1 aromatic heterocycles. The van der Waals surface area contributed by atoms with Crippen LogP contribution in [0.3, 0.4) is 0 Å². The van der Waals surface area contributed by atoms with Gasteiger partial charge in [0.1, 0.15) is 28.2 Å². The molecule has 0 aliphatic carbocycles. The topological polar surface area (TPSA) is 59.7 Å². The van der Waals surface area contributed by atoms with Gasteiger partial charge < -0.3 is 14.3 Å². The smallest absolute Gasteiger partial charge is 0.197 e. The highest BCUT2D eigenvalue weighted by Crippen LogP contribution is 2.30. The number of phenolic OH excluding ortho intramolecular Hbond substituents is 1. The summed E-state index contributed by atoms with van der Waals surface area (Å²) in [5, 5.41) is 9.94. The van der Waals surface area contributed by atoms with E-state index in [4.69, 9.17) is 9.15 Å². The fourth-order valence-electron chi connectivity index (χ4n) is 2.15. The molecule has 2 aromatic carbocycles. The SMILES string of the molecule is COc1cc(-c2cc(=O)c3c(O)cccc3o2)ccc1I. The number of hydrogen-bond acceptors (Lipinski definition) is 4. The van der Waals surface area contributed by atoms with E-state index in [0.29, 0.717) is 17.1 Å². The van der Waals surface area contributed by atoms with Crippen molar-refractivity contribution in [1.29, 1.82) is 0 Å². The molecule has 0 saturated heterocycles. The van der Waals surface area contributed by atoms with Crippen molar-refractivity contribution in [3.8, 4) is 22.8 Å². The van der Waals surface area contributed by atoms with Gasteiger partial charge >= 0.3 is 0 Å². The van der Waals surface area contributed by atoms with E-state index in [1.807, 2.05) is 18.2 Å². The van der Waals surface area contributed by atoms with Gasteiger partial charge in [-0.25, -0.2) is 0 Å². The molecule has 0 atom stereocenters. The van der Waals surface area contributed by atoms with Gasteiger partial charge in [-0.15, -0.1) is 0 Å². The first-order chi connectivity index (χ1) is 10.1. The van der Waals surface area contributed by atoms with Crippen molar-refractivity contribution in [3.05, 3.63) is 56.3 Å². The average molecular weight is 394 g/mol. The molecule has 0 unspecified atom stereocenters. The third-order valence-corrected chi connectivity index (χ3v) is 4.06. The minimum absolute atomic E-state index is 0.0759. The van der Waals surface area contributed by atoms with Crippen LogP contribution in [0.2, 0.25) is 0 Å². The highest BCUT2D eigenvalue weighted by Gasteiger charge is 2.11. The van der Waals surface area contributed by atoms with Gasteiger partial charge in [-0.1, -0.05) is 6.07 Å². The van der Waals surface area contributed by atoms with Crippen molar-refractivity contribution < 1.29 is 14.3 Å². The number of fused-ring (bicyclic) bond motifs is 1. The Kier molecular flexibility index (Phi) is 3.59. The lowest BCUT2D eigenvalue weighted by atomic mass is 10.1. The summed E-state index contributed by atoms with van der Waals surface area (Å²) in [5.41, 5.74) is 0.825. The molecule has 1 heterocycles. The minimum Gasteiger partial charge on any atom is -0.507 e. The van der Waals surface area contributed by atoms with Crippen LogP contribution in [0.4, 0.5) is 0 Å². The second kappa shape index (κ2) is 5.40. The fraction of sp³-hybridized carbons (Fsp3) is 0.0625. The second-order valence-corrected chi connectivity index (χ2v) is 5.64. The molecule has 4 nitrogen and oxygen atoms in total. The van der Waals surface area contributed by atoms with Crippen molar-refractivity contribution in [2.24, 2.45) is 0 Å².